The maximum atomic E-state index is 14.0. The predicted molar refractivity (Wildman–Crippen MR) is 136 cm³/mol. The molecule has 0 radical (unpaired) electrons. The first-order valence-electron chi connectivity index (χ1n) is 10.6. The van der Waals surface area contributed by atoms with Gasteiger partial charge in [0.25, 0.3) is 5.89 Å². The summed E-state index contributed by atoms with van der Waals surface area (Å²) < 4.78 is 19.8. The normalized spacial score (nSPS) is 16.1. The van der Waals surface area contributed by atoms with Crippen LogP contribution in [-0.4, -0.2) is 15.3 Å². The molecular weight excluding hydrogens is 471 g/mol. The van der Waals surface area contributed by atoms with Crippen molar-refractivity contribution in [1.82, 2.24) is 15.5 Å². The summed E-state index contributed by atoms with van der Waals surface area (Å²) in [6.45, 7) is 3.92. The molecule has 1 unspecified atom stereocenters. The lowest BCUT2D eigenvalue weighted by molar-refractivity contribution is 0.404. The molecule has 2 heterocycles. The third-order valence-corrected chi connectivity index (χ3v) is 6.23. The maximum Gasteiger partial charge on any atom is 0.258 e. The van der Waals surface area contributed by atoms with E-state index in [2.05, 4.69) is 10.5 Å². The maximum absolute atomic E-state index is 14.0. The summed E-state index contributed by atoms with van der Waals surface area (Å²) in [5, 5.41) is 8.59. The SMILES string of the molecule is CC1=C(c2nc(-c3ccc(C)cc3)no2)C(c2cccc(Cl)c2)NC(=S)N1c1cccc(F)c1. The number of nitrogens with one attached hydrogen (secondary N) is 1. The van der Waals surface area contributed by atoms with E-state index in [1.54, 1.807) is 17.0 Å². The summed E-state index contributed by atoms with van der Waals surface area (Å²) in [4.78, 5) is 6.47. The molecule has 0 fully saturated rings. The third-order valence-electron chi connectivity index (χ3n) is 5.70. The third kappa shape index (κ3) is 4.20. The first-order chi connectivity index (χ1) is 16.4. The van der Waals surface area contributed by atoms with Crippen LogP contribution in [0.3, 0.4) is 0 Å². The molecule has 1 aliphatic rings. The van der Waals surface area contributed by atoms with Crippen molar-refractivity contribution in [2.45, 2.75) is 19.9 Å². The number of rotatable bonds is 4. The standard InChI is InChI=1S/C26H20ClFN4OS/c1-15-9-11-17(12-10-15)24-30-25(33-31-24)22-16(2)32(21-8-4-7-20(28)14-21)26(34)29-23(22)18-5-3-6-19(27)13-18/h3-14,23H,1-2H3,(H,29,34). The van der Waals surface area contributed by atoms with Crippen molar-refractivity contribution in [1.29, 1.82) is 0 Å². The fourth-order valence-electron chi connectivity index (χ4n) is 4.04. The second-order valence-corrected chi connectivity index (χ2v) is 8.86. The molecule has 4 aromatic rings. The average Bonchev–Trinajstić information content (AvgIpc) is 3.29. The molecule has 5 nitrogen and oxygen atoms in total. The Hall–Kier alpha value is -3.55. The van der Waals surface area contributed by atoms with Crippen LogP contribution >= 0.6 is 23.8 Å². The summed E-state index contributed by atoms with van der Waals surface area (Å²) in [5.41, 5.74) is 4.94. The van der Waals surface area contributed by atoms with E-state index < -0.39 is 0 Å². The van der Waals surface area contributed by atoms with Crippen molar-refractivity contribution in [3.8, 4) is 11.4 Å². The van der Waals surface area contributed by atoms with Gasteiger partial charge in [0.15, 0.2) is 5.11 Å². The topological polar surface area (TPSA) is 54.2 Å². The van der Waals surface area contributed by atoms with Gasteiger partial charge in [-0.25, -0.2) is 4.39 Å². The van der Waals surface area contributed by atoms with Gasteiger partial charge in [0, 0.05) is 16.3 Å². The van der Waals surface area contributed by atoms with Crippen molar-refractivity contribution in [2.24, 2.45) is 0 Å². The number of hydrogen-bond acceptors (Lipinski definition) is 4. The summed E-state index contributed by atoms with van der Waals surface area (Å²) >= 11 is 12.0. The Bertz CT molecular complexity index is 1420. The molecule has 5 rings (SSSR count). The number of thiocarbonyl (C=S) groups is 1. The Morgan fingerprint density at radius 2 is 1.79 bits per heavy atom. The zero-order valence-electron chi connectivity index (χ0n) is 18.4. The van der Waals surface area contributed by atoms with Crippen LogP contribution in [0.25, 0.3) is 17.0 Å². The molecule has 0 spiro atoms. The number of hydrogen-bond donors (Lipinski definition) is 1. The molecule has 0 aliphatic carbocycles. The lowest BCUT2D eigenvalue weighted by Gasteiger charge is -2.37. The van der Waals surface area contributed by atoms with Crippen LogP contribution in [0.15, 0.2) is 83.0 Å². The van der Waals surface area contributed by atoms with Gasteiger partial charge >= 0.3 is 0 Å². The van der Waals surface area contributed by atoms with Gasteiger partial charge in [0.1, 0.15) is 5.82 Å². The Kier molecular flexibility index (Phi) is 5.89. The lowest BCUT2D eigenvalue weighted by atomic mass is 9.94. The molecular formula is C26H20ClFN4OS. The molecule has 0 saturated heterocycles. The van der Waals surface area contributed by atoms with Gasteiger partial charge in [-0.15, -0.1) is 0 Å². The van der Waals surface area contributed by atoms with Crippen molar-refractivity contribution in [3.63, 3.8) is 0 Å². The Morgan fingerprint density at radius 1 is 1.03 bits per heavy atom. The Labute approximate surface area is 206 Å². The summed E-state index contributed by atoms with van der Waals surface area (Å²) in [5.74, 6) is 0.464. The molecule has 0 amide bonds. The van der Waals surface area contributed by atoms with E-state index in [0.29, 0.717) is 27.5 Å². The predicted octanol–water partition coefficient (Wildman–Crippen LogP) is 6.70. The number of anilines is 1. The van der Waals surface area contributed by atoms with Crippen LogP contribution in [0.5, 0.6) is 0 Å². The molecule has 1 N–H and O–H groups in total. The number of allylic oxidation sites excluding steroid dienone is 1. The van der Waals surface area contributed by atoms with Crippen LogP contribution in [0.2, 0.25) is 5.02 Å². The zero-order valence-corrected chi connectivity index (χ0v) is 20.0. The first kappa shape index (κ1) is 22.3. The summed E-state index contributed by atoms with van der Waals surface area (Å²) in [6.07, 6.45) is 0. The quantitative estimate of drug-likeness (QED) is 0.321. The Balaban J connectivity index is 1.66. The van der Waals surface area contributed by atoms with Crippen LogP contribution in [0.4, 0.5) is 10.1 Å². The van der Waals surface area contributed by atoms with Gasteiger partial charge < -0.3 is 9.84 Å². The summed E-state index contributed by atoms with van der Waals surface area (Å²) in [6, 6.07) is 21.3. The smallest absolute Gasteiger partial charge is 0.258 e. The fraction of sp³-hybridized carbons (Fsp3) is 0.115. The van der Waals surface area contributed by atoms with Crippen LogP contribution in [0, 0.1) is 12.7 Å². The van der Waals surface area contributed by atoms with Gasteiger partial charge in [0.2, 0.25) is 5.82 Å². The van der Waals surface area contributed by atoms with E-state index in [1.807, 2.05) is 62.4 Å². The molecule has 1 aliphatic heterocycles. The van der Waals surface area contributed by atoms with Crippen molar-refractivity contribution < 1.29 is 8.91 Å². The van der Waals surface area contributed by atoms with E-state index in [4.69, 9.17) is 33.3 Å². The lowest BCUT2D eigenvalue weighted by Crippen LogP contribution is -2.46. The molecule has 0 saturated carbocycles. The van der Waals surface area contributed by atoms with Crippen molar-refractivity contribution in [2.75, 3.05) is 4.90 Å². The van der Waals surface area contributed by atoms with Crippen molar-refractivity contribution >= 4 is 40.2 Å². The van der Waals surface area contributed by atoms with Gasteiger partial charge in [-0.05, 0) is 62.0 Å². The second kappa shape index (κ2) is 9.00. The molecule has 3 aromatic carbocycles. The van der Waals surface area contributed by atoms with Crippen LogP contribution in [0.1, 0.15) is 30.0 Å². The number of benzene rings is 3. The molecule has 34 heavy (non-hydrogen) atoms. The Morgan fingerprint density at radius 3 is 2.53 bits per heavy atom. The highest BCUT2D eigenvalue weighted by atomic mass is 35.5. The molecule has 1 aromatic heterocycles. The van der Waals surface area contributed by atoms with Gasteiger partial charge in [-0.2, -0.15) is 4.98 Å². The number of nitrogens with zero attached hydrogens (tertiary/aromatic N) is 3. The van der Waals surface area contributed by atoms with E-state index >= 15 is 0 Å². The van der Waals surface area contributed by atoms with E-state index in [9.17, 15) is 4.39 Å². The summed E-state index contributed by atoms with van der Waals surface area (Å²) in [7, 11) is 0. The van der Waals surface area contributed by atoms with E-state index in [0.717, 1.165) is 28.0 Å². The van der Waals surface area contributed by atoms with Gasteiger partial charge in [-0.3, -0.25) is 4.90 Å². The number of aromatic nitrogens is 2. The second-order valence-electron chi connectivity index (χ2n) is 8.04. The van der Waals surface area contributed by atoms with Crippen LogP contribution in [-0.2, 0) is 0 Å². The van der Waals surface area contributed by atoms with E-state index in [1.165, 1.54) is 12.1 Å². The average molecular weight is 491 g/mol. The van der Waals surface area contributed by atoms with E-state index in [-0.39, 0.29) is 11.9 Å². The first-order valence-corrected chi connectivity index (χ1v) is 11.4. The highest BCUT2D eigenvalue weighted by Gasteiger charge is 2.35. The van der Waals surface area contributed by atoms with Gasteiger partial charge in [-0.1, -0.05) is 64.8 Å². The van der Waals surface area contributed by atoms with Crippen molar-refractivity contribution in [3.05, 3.63) is 106 Å². The molecule has 170 valence electrons. The number of halogens is 2. The highest BCUT2D eigenvalue weighted by molar-refractivity contribution is 7.80. The highest BCUT2D eigenvalue weighted by Crippen LogP contribution is 2.39. The largest absolute Gasteiger partial charge is 0.351 e. The van der Waals surface area contributed by atoms with Gasteiger partial charge in [0.05, 0.1) is 17.3 Å². The van der Waals surface area contributed by atoms with Crippen LogP contribution < -0.4 is 10.2 Å². The minimum absolute atomic E-state index is 0.342. The minimum atomic E-state index is -0.387. The molecule has 8 heteroatoms. The minimum Gasteiger partial charge on any atom is -0.351 e. The zero-order chi connectivity index (χ0) is 23.8. The monoisotopic (exact) mass is 490 g/mol. The fourth-order valence-corrected chi connectivity index (χ4v) is 4.59. The number of aryl methyl sites for hydroxylation is 1. The molecule has 0 bridgehead atoms. The molecule has 1 atom stereocenters.